The molecule has 30 heavy (non-hydrogen) atoms. The van der Waals surface area contributed by atoms with Crippen molar-refractivity contribution in [1.29, 1.82) is 0 Å². The number of carbonyl (C=O) groups excluding carboxylic acids is 2. The summed E-state index contributed by atoms with van der Waals surface area (Å²) in [5.41, 5.74) is -0.238. The first-order valence-electron chi connectivity index (χ1n) is 9.42. The fourth-order valence-corrected chi connectivity index (χ4v) is 3.32. The van der Waals surface area contributed by atoms with E-state index >= 15 is 0 Å². The van der Waals surface area contributed by atoms with Crippen LogP contribution < -0.4 is 16.7 Å². The van der Waals surface area contributed by atoms with Crippen LogP contribution in [0, 0.1) is 5.41 Å². The van der Waals surface area contributed by atoms with E-state index in [9.17, 15) is 14.4 Å². The molecular weight excluding hydrogens is 450 g/mol. The number of rotatable bonds is 3. The molecule has 0 aliphatic heterocycles. The number of imide groups is 1. The molecule has 0 aliphatic carbocycles. The van der Waals surface area contributed by atoms with Gasteiger partial charge in [0.05, 0.1) is 16.5 Å². The van der Waals surface area contributed by atoms with Crippen LogP contribution in [0.25, 0.3) is 21.7 Å². The molecule has 0 bridgehead atoms. The first-order chi connectivity index (χ1) is 13.9. The van der Waals surface area contributed by atoms with Gasteiger partial charge in [0.25, 0.3) is 11.5 Å². The highest BCUT2D eigenvalue weighted by molar-refractivity contribution is 9.10. The molecule has 0 aliphatic rings. The van der Waals surface area contributed by atoms with Gasteiger partial charge < -0.3 is 10.3 Å². The number of aromatic amines is 1. The minimum Gasteiger partial charge on any atom is -0.367 e. The Hall–Kier alpha value is -2.78. The SMILES string of the molecule is CC(=O)N(N)C(=O)c1c[nH]c(=O)c2c1nc(NC(C)C(C)(C)C)c1ccc(Br)cc12. The van der Waals surface area contributed by atoms with Crippen LogP contribution in [0.5, 0.6) is 0 Å². The Labute approximate surface area is 181 Å². The van der Waals surface area contributed by atoms with E-state index in [-0.39, 0.29) is 33.5 Å². The summed E-state index contributed by atoms with van der Waals surface area (Å²) >= 11 is 3.45. The molecule has 3 rings (SSSR count). The lowest BCUT2D eigenvalue weighted by Gasteiger charge is -2.29. The zero-order valence-corrected chi connectivity index (χ0v) is 19.0. The molecule has 0 saturated carbocycles. The second-order valence-electron chi connectivity index (χ2n) is 8.33. The van der Waals surface area contributed by atoms with Gasteiger partial charge in [-0.3, -0.25) is 14.4 Å². The molecule has 0 spiro atoms. The molecule has 158 valence electrons. The highest BCUT2D eigenvalue weighted by atomic mass is 79.9. The molecule has 1 unspecified atom stereocenters. The van der Waals surface area contributed by atoms with Crippen molar-refractivity contribution >= 4 is 55.2 Å². The number of nitrogens with two attached hydrogens (primary N) is 1. The standard InChI is InChI=1S/C21H24BrN5O3/c1-10(21(3,4)5)25-18-13-7-6-12(22)8-14(13)16-17(26-18)15(9-24-19(16)29)20(30)27(23)11(2)28/h6-10H,23H2,1-5H3,(H,24,29)(H,25,26). The summed E-state index contributed by atoms with van der Waals surface area (Å²) in [5, 5.41) is 5.54. The van der Waals surface area contributed by atoms with Crippen LogP contribution in [-0.2, 0) is 4.79 Å². The molecule has 0 radical (unpaired) electrons. The lowest BCUT2D eigenvalue weighted by Crippen LogP contribution is -2.41. The van der Waals surface area contributed by atoms with Crippen molar-refractivity contribution < 1.29 is 9.59 Å². The summed E-state index contributed by atoms with van der Waals surface area (Å²) in [4.78, 5) is 44.3. The number of carbonyl (C=O) groups is 2. The van der Waals surface area contributed by atoms with Gasteiger partial charge in [-0.25, -0.2) is 15.8 Å². The Morgan fingerprint density at radius 3 is 2.53 bits per heavy atom. The van der Waals surface area contributed by atoms with Crippen molar-refractivity contribution in [2.45, 2.75) is 40.7 Å². The number of halogens is 1. The second-order valence-corrected chi connectivity index (χ2v) is 9.25. The average Bonchev–Trinajstić information content (AvgIpc) is 2.65. The van der Waals surface area contributed by atoms with Crippen LogP contribution in [0.1, 0.15) is 45.0 Å². The van der Waals surface area contributed by atoms with E-state index in [0.717, 1.165) is 9.86 Å². The zero-order chi connectivity index (χ0) is 22.4. The first-order valence-corrected chi connectivity index (χ1v) is 10.2. The molecule has 1 atom stereocenters. The minimum absolute atomic E-state index is 0.0376. The zero-order valence-electron chi connectivity index (χ0n) is 17.5. The number of nitrogens with one attached hydrogen (secondary N) is 2. The Morgan fingerprint density at radius 1 is 1.27 bits per heavy atom. The van der Waals surface area contributed by atoms with E-state index < -0.39 is 11.8 Å². The summed E-state index contributed by atoms with van der Waals surface area (Å²) in [6.45, 7) is 9.53. The van der Waals surface area contributed by atoms with Gasteiger partial charge in [0.1, 0.15) is 5.82 Å². The fraction of sp³-hybridized carbons (Fsp3) is 0.333. The molecule has 8 nitrogen and oxygen atoms in total. The Kier molecular flexibility index (Phi) is 5.70. The second kappa shape index (κ2) is 7.81. The van der Waals surface area contributed by atoms with E-state index in [1.807, 2.05) is 19.1 Å². The molecule has 2 amide bonds. The van der Waals surface area contributed by atoms with Gasteiger partial charge in [-0.1, -0.05) is 36.7 Å². The molecule has 3 aromatic rings. The Balaban J connectivity index is 2.39. The van der Waals surface area contributed by atoms with E-state index in [4.69, 9.17) is 5.84 Å². The van der Waals surface area contributed by atoms with Crippen LogP contribution in [0.4, 0.5) is 5.82 Å². The number of anilines is 1. The van der Waals surface area contributed by atoms with Gasteiger partial charge in [0, 0.05) is 34.4 Å². The third kappa shape index (κ3) is 3.95. The van der Waals surface area contributed by atoms with Crippen LogP contribution in [0.2, 0.25) is 0 Å². The quantitative estimate of drug-likeness (QED) is 0.231. The molecule has 0 fully saturated rings. The third-order valence-corrected chi connectivity index (χ3v) is 5.73. The number of aromatic nitrogens is 2. The lowest BCUT2D eigenvalue weighted by molar-refractivity contribution is -0.126. The normalized spacial score (nSPS) is 12.8. The van der Waals surface area contributed by atoms with Crippen LogP contribution >= 0.6 is 15.9 Å². The van der Waals surface area contributed by atoms with Crippen LogP contribution in [0.3, 0.4) is 0 Å². The topological polar surface area (TPSA) is 121 Å². The van der Waals surface area contributed by atoms with Crippen LogP contribution in [0.15, 0.2) is 33.7 Å². The smallest absolute Gasteiger partial charge is 0.278 e. The van der Waals surface area contributed by atoms with Gasteiger partial charge >= 0.3 is 0 Å². The molecule has 0 saturated heterocycles. The number of benzene rings is 1. The first kappa shape index (κ1) is 21.9. The predicted octanol–water partition coefficient (Wildman–Crippen LogP) is 3.55. The highest BCUT2D eigenvalue weighted by Gasteiger charge is 2.25. The predicted molar refractivity (Wildman–Crippen MR) is 121 cm³/mol. The van der Waals surface area contributed by atoms with Gasteiger partial charge in [0.2, 0.25) is 5.91 Å². The summed E-state index contributed by atoms with van der Waals surface area (Å²) < 4.78 is 0.776. The van der Waals surface area contributed by atoms with Crippen molar-refractivity contribution in [2.75, 3.05) is 5.32 Å². The van der Waals surface area contributed by atoms with Gasteiger partial charge in [0.15, 0.2) is 0 Å². The van der Waals surface area contributed by atoms with E-state index in [2.05, 4.69) is 52.0 Å². The number of hydrazine groups is 1. The molecule has 1 aromatic carbocycles. The lowest BCUT2D eigenvalue weighted by atomic mass is 9.88. The van der Waals surface area contributed by atoms with Crippen molar-refractivity contribution in [3.63, 3.8) is 0 Å². The van der Waals surface area contributed by atoms with Gasteiger partial charge in [-0.05, 0) is 30.5 Å². The minimum atomic E-state index is -0.750. The maximum atomic E-state index is 12.8. The number of pyridine rings is 2. The number of hydrogen-bond acceptors (Lipinski definition) is 6. The third-order valence-electron chi connectivity index (χ3n) is 5.24. The van der Waals surface area contributed by atoms with Crippen molar-refractivity contribution in [3.05, 3.63) is 44.8 Å². The maximum Gasteiger partial charge on any atom is 0.278 e. The summed E-state index contributed by atoms with van der Waals surface area (Å²) in [7, 11) is 0. The fourth-order valence-electron chi connectivity index (χ4n) is 2.96. The summed E-state index contributed by atoms with van der Waals surface area (Å²) in [6.07, 6.45) is 1.24. The molecule has 9 heteroatoms. The van der Waals surface area contributed by atoms with Crippen molar-refractivity contribution in [3.8, 4) is 0 Å². The maximum absolute atomic E-state index is 12.8. The molecule has 2 aromatic heterocycles. The van der Waals surface area contributed by atoms with Gasteiger partial charge in [-0.2, -0.15) is 0 Å². The van der Waals surface area contributed by atoms with E-state index in [0.29, 0.717) is 16.2 Å². The van der Waals surface area contributed by atoms with Crippen molar-refractivity contribution in [1.82, 2.24) is 15.0 Å². The Bertz CT molecular complexity index is 1230. The highest BCUT2D eigenvalue weighted by Crippen LogP contribution is 2.33. The summed E-state index contributed by atoms with van der Waals surface area (Å²) in [5.74, 6) is 4.79. The number of nitrogens with zero attached hydrogens (tertiary/aromatic N) is 2. The van der Waals surface area contributed by atoms with E-state index in [1.165, 1.54) is 13.1 Å². The molecule has 4 N–H and O–H groups in total. The van der Waals surface area contributed by atoms with Crippen LogP contribution in [-0.4, -0.2) is 32.8 Å². The van der Waals surface area contributed by atoms with Gasteiger partial charge in [-0.15, -0.1) is 0 Å². The van der Waals surface area contributed by atoms with Crippen molar-refractivity contribution in [2.24, 2.45) is 11.3 Å². The summed E-state index contributed by atoms with van der Waals surface area (Å²) in [6, 6.07) is 5.57. The monoisotopic (exact) mass is 473 g/mol. The molecule has 2 heterocycles. The number of amides is 2. The Morgan fingerprint density at radius 2 is 1.93 bits per heavy atom. The average molecular weight is 474 g/mol. The number of hydrogen-bond donors (Lipinski definition) is 3. The van der Waals surface area contributed by atoms with E-state index in [1.54, 1.807) is 6.07 Å². The number of H-pyrrole nitrogens is 1. The molecular formula is C21H24BrN5O3. The number of fused-ring (bicyclic) bond motifs is 3. The largest absolute Gasteiger partial charge is 0.367 e.